The summed E-state index contributed by atoms with van der Waals surface area (Å²) in [4.78, 5) is 40.8. The monoisotopic (exact) mass is 468 g/mol. The number of dihydropyridines is 1. The first-order valence-corrected chi connectivity index (χ1v) is 11.9. The molecule has 4 rings (SSSR count). The van der Waals surface area contributed by atoms with E-state index in [1.165, 1.54) is 37.8 Å². The van der Waals surface area contributed by atoms with Gasteiger partial charge in [0.25, 0.3) is 11.6 Å². The summed E-state index contributed by atoms with van der Waals surface area (Å²) in [5.74, 6) is -1.80. The molecule has 0 radical (unpaired) electrons. The van der Waals surface area contributed by atoms with Gasteiger partial charge in [-0.25, -0.2) is 0 Å². The number of allylic oxidation sites excluding steroid dienone is 2. The number of non-ortho nitro benzene ring substituents is 1. The summed E-state index contributed by atoms with van der Waals surface area (Å²) in [5, 5.41) is 24.2. The van der Waals surface area contributed by atoms with Crippen molar-refractivity contribution < 1.29 is 19.6 Å². The molecule has 1 amide bonds. The molecule has 2 fully saturated rings. The van der Waals surface area contributed by atoms with Gasteiger partial charge in [-0.3, -0.25) is 24.6 Å². The smallest absolute Gasteiger partial charge is 0.307 e. The van der Waals surface area contributed by atoms with Crippen molar-refractivity contribution in [3.63, 3.8) is 0 Å². The summed E-state index contributed by atoms with van der Waals surface area (Å²) in [6.45, 7) is 6.49. The summed E-state index contributed by atoms with van der Waals surface area (Å²) in [7, 11) is 0. The molecule has 1 atom stereocenters. The number of nitro benzene ring substituents is 1. The average molecular weight is 469 g/mol. The van der Waals surface area contributed by atoms with Crippen molar-refractivity contribution in [2.45, 2.75) is 57.9 Å². The molecule has 9 nitrogen and oxygen atoms in total. The fourth-order valence-corrected chi connectivity index (χ4v) is 5.63. The van der Waals surface area contributed by atoms with Crippen LogP contribution in [0.2, 0.25) is 0 Å². The van der Waals surface area contributed by atoms with E-state index in [9.17, 15) is 24.8 Å². The quantitative estimate of drug-likeness (QED) is 0.486. The number of carbonyl (C=O) groups excluding carboxylic acids is 1. The molecular weight excluding hydrogens is 436 g/mol. The Hall–Kier alpha value is -3.20. The van der Waals surface area contributed by atoms with Crippen LogP contribution < -0.4 is 5.32 Å². The lowest BCUT2D eigenvalue weighted by Crippen LogP contribution is -2.52. The second kappa shape index (κ2) is 9.97. The van der Waals surface area contributed by atoms with Crippen LogP contribution in [0.1, 0.15) is 57.4 Å². The molecule has 0 bridgehead atoms. The van der Waals surface area contributed by atoms with E-state index in [0.717, 1.165) is 13.1 Å². The van der Waals surface area contributed by atoms with E-state index in [1.807, 2.05) is 11.8 Å². The molecule has 1 aliphatic carbocycles. The van der Waals surface area contributed by atoms with Crippen LogP contribution in [0.4, 0.5) is 5.69 Å². The Labute approximate surface area is 199 Å². The number of hydrogen-bond acceptors (Lipinski definition) is 6. The second-order valence-corrected chi connectivity index (χ2v) is 9.44. The highest BCUT2D eigenvalue weighted by Crippen LogP contribution is 2.41. The largest absolute Gasteiger partial charge is 0.481 e. The van der Waals surface area contributed by atoms with Crippen molar-refractivity contribution in [3.05, 3.63) is 62.5 Å². The molecule has 0 spiro atoms. The first-order chi connectivity index (χ1) is 16.3. The van der Waals surface area contributed by atoms with Crippen molar-refractivity contribution in [3.8, 4) is 0 Å². The maximum Gasteiger partial charge on any atom is 0.307 e. The van der Waals surface area contributed by atoms with E-state index in [-0.39, 0.29) is 18.0 Å². The lowest BCUT2D eigenvalue weighted by atomic mass is 9.78. The molecule has 34 heavy (non-hydrogen) atoms. The minimum absolute atomic E-state index is 0.0852. The van der Waals surface area contributed by atoms with Crippen molar-refractivity contribution in [1.82, 2.24) is 15.1 Å². The Balaban J connectivity index is 1.65. The second-order valence-electron chi connectivity index (χ2n) is 9.44. The summed E-state index contributed by atoms with van der Waals surface area (Å²) in [6.07, 6.45) is 4.72. The van der Waals surface area contributed by atoms with Crippen molar-refractivity contribution in [2.24, 2.45) is 0 Å². The third-order valence-corrected chi connectivity index (χ3v) is 7.33. The number of amides is 1. The first-order valence-electron chi connectivity index (χ1n) is 11.9. The van der Waals surface area contributed by atoms with Crippen LogP contribution in [-0.4, -0.2) is 63.9 Å². The number of hydrogen-bond donors (Lipinski definition) is 2. The van der Waals surface area contributed by atoms with Gasteiger partial charge in [0, 0.05) is 67.2 Å². The van der Waals surface area contributed by atoms with Crippen LogP contribution in [0.25, 0.3) is 0 Å². The van der Waals surface area contributed by atoms with Gasteiger partial charge in [0.05, 0.1) is 11.3 Å². The Morgan fingerprint density at radius 2 is 1.79 bits per heavy atom. The summed E-state index contributed by atoms with van der Waals surface area (Å²) in [5.41, 5.74) is 2.81. The van der Waals surface area contributed by atoms with Crippen molar-refractivity contribution in [1.29, 1.82) is 0 Å². The number of piperazine rings is 1. The number of nitrogens with zero attached hydrogens (tertiary/aromatic N) is 3. The van der Waals surface area contributed by atoms with Crippen LogP contribution in [-0.2, 0) is 9.59 Å². The minimum Gasteiger partial charge on any atom is -0.481 e. The van der Waals surface area contributed by atoms with E-state index < -0.39 is 16.8 Å². The molecule has 1 aromatic carbocycles. The molecule has 0 aromatic heterocycles. The third-order valence-electron chi connectivity index (χ3n) is 7.33. The Bertz CT molecular complexity index is 1050. The zero-order chi connectivity index (χ0) is 24.4. The summed E-state index contributed by atoms with van der Waals surface area (Å²) < 4.78 is 0. The van der Waals surface area contributed by atoms with Crippen molar-refractivity contribution >= 4 is 17.6 Å². The van der Waals surface area contributed by atoms with Crippen LogP contribution in [0.15, 0.2) is 46.8 Å². The van der Waals surface area contributed by atoms with Crippen LogP contribution in [0, 0.1) is 10.1 Å². The zero-order valence-corrected chi connectivity index (χ0v) is 19.7. The van der Waals surface area contributed by atoms with Gasteiger partial charge in [-0.05, 0) is 37.8 Å². The van der Waals surface area contributed by atoms with Gasteiger partial charge in [0.1, 0.15) is 0 Å². The maximum atomic E-state index is 13.8. The molecule has 9 heteroatoms. The molecule has 1 aromatic rings. The van der Waals surface area contributed by atoms with E-state index in [4.69, 9.17) is 0 Å². The molecule has 2 N–H and O–H groups in total. The summed E-state index contributed by atoms with van der Waals surface area (Å²) >= 11 is 0. The molecular formula is C25H32N4O5. The number of rotatable bonds is 6. The molecule has 1 unspecified atom stereocenters. The number of nitro groups is 1. The molecule has 182 valence electrons. The number of carboxylic acid groups (broad SMARTS) is 1. The Morgan fingerprint density at radius 3 is 2.41 bits per heavy atom. The fraction of sp³-hybridized carbons (Fsp3) is 0.520. The number of carbonyl (C=O) groups is 2. The normalized spacial score (nSPS) is 22.2. The average Bonchev–Trinajstić information content (AvgIpc) is 3.35. The van der Waals surface area contributed by atoms with Crippen LogP contribution >= 0.6 is 0 Å². The van der Waals surface area contributed by atoms with E-state index in [0.29, 0.717) is 47.2 Å². The zero-order valence-electron chi connectivity index (χ0n) is 19.7. The molecule has 2 heterocycles. The van der Waals surface area contributed by atoms with Crippen molar-refractivity contribution in [2.75, 3.05) is 26.2 Å². The van der Waals surface area contributed by atoms with E-state index in [1.54, 1.807) is 19.1 Å². The molecule has 3 aliphatic rings. The van der Waals surface area contributed by atoms with Crippen LogP contribution in [0.3, 0.4) is 0 Å². The van der Waals surface area contributed by atoms with E-state index in [2.05, 4.69) is 10.2 Å². The van der Waals surface area contributed by atoms with Gasteiger partial charge in [-0.15, -0.1) is 0 Å². The standard InChI is InChI=1S/C25H32N4O5/c1-16-21(15-22(30)31)24(18-6-5-9-20(14-18)29(33)34)23(17(2)26-16)25(32)28-12-10-27(11-13-28)19-7-3-4-8-19/h5-6,9,14,19,24,26H,3-4,7-8,10-13,15H2,1-2H3,(H,30,31). The van der Waals surface area contributed by atoms with Crippen LogP contribution in [0.5, 0.6) is 0 Å². The highest BCUT2D eigenvalue weighted by atomic mass is 16.6. The molecule has 1 saturated heterocycles. The van der Waals surface area contributed by atoms with Gasteiger partial charge in [-0.2, -0.15) is 0 Å². The molecule has 1 saturated carbocycles. The highest BCUT2D eigenvalue weighted by Gasteiger charge is 2.37. The topological polar surface area (TPSA) is 116 Å². The predicted octanol–water partition coefficient (Wildman–Crippen LogP) is 3.39. The highest BCUT2D eigenvalue weighted by molar-refractivity contribution is 5.97. The number of aliphatic carboxylic acids is 1. The Morgan fingerprint density at radius 1 is 1.12 bits per heavy atom. The van der Waals surface area contributed by atoms with Gasteiger partial charge in [-0.1, -0.05) is 25.0 Å². The number of carboxylic acids is 1. The first kappa shape index (κ1) is 23.9. The minimum atomic E-state index is -1.01. The van der Waals surface area contributed by atoms with Gasteiger partial charge < -0.3 is 15.3 Å². The molecule has 2 aliphatic heterocycles. The fourth-order valence-electron chi connectivity index (χ4n) is 5.63. The van der Waals surface area contributed by atoms with Gasteiger partial charge in [0.15, 0.2) is 0 Å². The van der Waals surface area contributed by atoms with E-state index >= 15 is 0 Å². The third kappa shape index (κ3) is 4.84. The lowest BCUT2D eigenvalue weighted by molar-refractivity contribution is -0.384. The number of nitrogens with one attached hydrogen (secondary N) is 1. The maximum absolute atomic E-state index is 13.8. The summed E-state index contributed by atoms with van der Waals surface area (Å²) in [6, 6.07) is 6.78. The lowest BCUT2D eigenvalue weighted by Gasteiger charge is -2.40. The predicted molar refractivity (Wildman–Crippen MR) is 127 cm³/mol. The van der Waals surface area contributed by atoms with Gasteiger partial charge >= 0.3 is 5.97 Å². The Kier molecular flexibility index (Phi) is 7.02. The van der Waals surface area contributed by atoms with Gasteiger partial charge in [0.2, 0.25) is 0 Å². The number of benzene rings is 1. The SMILES string of the molecule is CC1=C(CC(=O)O)C(c2cccc([N+](=O)[O-])c2)C(C(=O)N2CCN(C3CCCC3)CC2)=C(C)N1.